The van der Waals surface area contributed by atoms with Gasteiger partial charge in [0.25, 0.3) is 0 Å². The molecule has 2 unspecified atom stereocenters. The van der Waals surface area contributed by atoms with Gasteiger partial charge in [0.05, 0.1) is 6.10 Å². The summed E-state index contributed by atoms with van der Waals surface area (Å²) in [6, 6.07) is 4.27. The van der Waals surface area contributed by atoms with E-state index >= 15 is 0 Å². The topological polar surface area (TPSA) is 49.5 Å². The van der Waals surface area contributed by atoms with Gasteiger partial charge < -0.3 is 15.7 Å². The summed E-state index contributed by atoms with van der Waals surface area (Å²) in [5.41, 5.74) is 7.12. The van der Waals surface area contributed by atoms with Gasteiger partial charge in [0, 0.05) is 6.04 Å². The van der Waals surface area contributed by atoms with Gasteiger partial charge in [0.1, 0.15) is 5.82 Å². The lowest BCUT2D eigenvalue weighted by Crippen LogP contribution is -2.32. The van der Waals surface area contributed by atoms with E-state index in [1.807, 2.05) is 19.0 Å². The van der Waals surface area contributed by atoms with Gasteiger partial charge in [-0.3, -0.25) is 0 Å². The molecule has 0 fully saturated rings. The minimum atomic E-state index is -0.741. The van der Waals surface area contributed by atoms with Crippen LogP contribution in [0.1, 0.15) is 23.7 Å². The van der Waals surface area contributed by atoms with Crippen LogP contribution >= 0.6 is 0 Å². The predicted molar refractivity (Wildman–Crippen MR) is 67.2 cm³/mol. The van der Waals surface area contributed by atoms with Crippen molar-refractivity contribution in [3.8, 4) is 0 Å². The van der Waals surface area contributed by atoms with Crippen molar-refractivity contribution in [2.75, 3.05) is 20.6 Å². The first-order chi connectivity index (χ1) is 7.91. The normalized spacial score (nSPS) is 15.0. The second-order valence-corrected chi connectivity index (χ2v) is 4.71. The Labute approximate surface area is 102 Å². The molecule has 0 heterocycles. The van der Waals surface area contributed by atoms with E-state index in [1.54, 1.807) is 19.1 Å². The molecular weight excluding hydrogens is 219 g/mol. The Morgan fingerprint density at radius 3 is 2.59 bits per heavy atom. The van der Waals surface area contributed by atoms with Crippen molar-refractivity contribution in [1.82, 2.24) is 4.90 Å². The molecule has 17 heavy (non-hydrogen) atoms. The van der Waals surface area contributed by atoms with Gasteiger partial charge in [0.15, 0.2) is 0 Å². The molecule has 0 aromatic heterocycles. The molecule has 3 N–H and O–H groups in total. The fourth-order valence-corrected chi connectivity index (χ4v) is 1.66. The smallest absolute Gasteiger partial charge is 0.126 e. The van der Waals surface area contributed by atoms with E-state index in [-0.39, 0.29) is 11.9 Å². The third kappa shape index (κ3) is 4.07. The van der Waals surface area contributed by atoms with Gasteiger partial charge in [0.2, 0.25) is 0 Å². The molecule has 0 aliphatic carbocycles. The first-order valence-electron chi connectivity index (χ1n) is 5.76. The van der Waals surface area contributed by atoms with Crippen LogP contribution < -0.4 is 5.73 Å². The minimum Gasteiger partial charge on any atom is -0.387 e. The number of hydrogen-bond acceptors (Lipinski definition) is 3. The van der Waals surface area contributed by atoms with Crippen molar-refractivity contribution in [1.29, 1.82) is 0 Å². The van der Waals surface area contributed by atoms with Crippen molar-refractivity contribution >= 4 is 0 Å². The molecule has 0 aliphatic heterocycles. The highest BCUT2D eigenvalue weighted by molar-refractivity contribution is 5.26. The predicted octanol–water partition coefficient (Wildman–Crippen LogP) is 1.45. The summed E-state index contributed by atoms with van der Waals surface area (Å²) in [6.07, 6.45) is -0.0424. The quantitative estimate of drug-likeness (QED) is 0.819. The number of halogens is 1. The second kappa shape index (κ2) is 6.10. The zero-order chi connectivity index (χ0) is 13.0. The number of aliphatic hydroxyl groups is 1. The number of nitrogens with zero attached hydrogens (tertiary/aromatic N) is 1. The van der Waals surface area contributed by atoms with Crippen LogP contribution in [0.4, 0.5) is 4.39 Å². The zero-order valence-corrected chi connectivity index (χ0v) is 10.7. The molecule has 4 heteroatoms. The fraction of sp³-hybridized carbons (Fsp3) is 0.538. The summed E-state index contributed by atoms with van der Waals surface area (Å²) in [5, 5.41) is 10.1. The maximum atomic E-state index is 13.1. The van der Waals surface area contributed by atoms with Crippen LogP contribution in [0.5, 0.6) is 0 Å². The van der Waals surface area contributed by atoms with Gasteiger partial charge in [-0.1, -0.05) is 12.1 Å². The molecule has 0 radical (unpaired) electrons. The van der Waals surface area contributed by atoms with Crippen LogP contribution in [0.15, 0.2) is 18.2 Å². The number of aliphatic hydroxyl groups excluding tert-OH is 1. The Kier molecular flexibility index (Phi) is 5.05. The zero-order valence-electron chi connectivity index (χ0n) is 10.7. The maximum absolute atomic E-state index is 13.1. The van der Waals surface area contributed by atoms with Gasteiger partial charge >= 0.3 is 0 Å². The van der Waals surface area contributed by atoms with E-state index in [0.717, 1.165) is 6.54 Å². The van der Waals surface area contributed by atoms with Crippen LogP contribution in [0.2, 0.25) is 0 Å². The van der Waals surface area contributed by atoms with E-state index in [0.29, 0.717) is 17.5 Å². The molecule has 96 valence electrons. The van der Waals surface area contributed by atoms with Crippen molar-refractivity contribution < 1.29 is 9.50 Å². The lowest BCUT2D eigenvalue weighted by Gasteiger charge is -2.21. The summed E-state index contributed by atoms with van der Waals surface area (Å²) in [4.78, 5) is 2.02. The largest absolute Gasteiger partial charge is 0.387 e. The number of hydrogen-bond donors (Lipinski definition) is 2. The van der Waals surface area contributed by atoms with Crippen molar-refractivity contribution in [3.63, 3.8) is 0 Å². The lowest BCUT2D eigenvalue weighted by atomic mass is 9.99. The summed E-state index contributed by atoms with van der Waals surface area (Å²) < 4.78 is 13.1. The molecule has 0 saturated heterocycles. The van der Waals surface area contributed by atoms with E-state index in [9.17, 15) is 9.50 Å². The summed E-state index contributed by atoms with van der Waals surface area (Å²) >= 11 is 0. The molecule has 0 spiro atoms. The Hall–Kier alpha value is -0.970. The molecule has 2 atom stereocenters. The maximum Gasteiger partial charge on any atom is 0.126 e. The first kappa shape index (κ1) is 14.1. The van der Waals surface area contributed by atoms with Crippen LogP contribution in [-0.2, 0) is 0 Å². The van der Waals surface area contributed by atoms with E-state index < -0.39 is 6.10 Å². The third-order valence-electron chi connectivity index (χ3n) is 2.84. The number of nitrogens with two attached hydrogens (primary N) is 1. The molecule has 1 rings (SSSR count). The molecule has 0 amide bonds. The van der Waals surface area contributed by atoms with Crippen LogP contribution in [0.3, 0.4) is 0 Å². The average Bonchev–Trinajstić information content (AvgIpc) is 2.28. The summed E-state index contributed by atoms with van der Waals surface area (Å²) in [7, 11) is 3.92. The summed E-state index contributed by atoms with van der Waals surface area (Å²) in [5.74, 6) is -0.261. The highest BCUT2D eigenvalue weighted by Gasteiger charge is 2.17. The number of aryl methyl sites for hydroxylation is 1. The van der Waals surface area contributed by atoms with Crippen LogP contribution in [0.25, 0.3) is 0 Å². The van der Waals surface area contributed by atoms with Crippen LogP contribution in [0, 0.1) is 12.7 Å². The van der Waals surface area contributed by atoms with Crippen molar-refractivity contribution in [2.45, 2.75) is 25.5 Å². The second-order valence-electron chi connectivity index (χ2n) is 4.71. The molecule has 1 aromatic carbocycles. The average molecular weight is 240 g/mol. The Balaban J connectivity index is 2.67. The highest BCUT2D eigenvalue weighted by atomic mass is 19.1. The molecule has 0 saturated carbocycles. The van der Waals surface area contributed by atoms with Gasteiger partial charge in [-0.2, -0.15) is 0 Å². The Morgan fingerprint density at radius 2 is 2.06 bits per heavy atom. The number of benzene rings is 1. The van der Waals surface area contributed by atoms with Gasteiger partial charge in [-0.15, -0.1) is 0 Å². The van der Waals surface area contributed by atoms with Gasteiger partial charge in [-0.05, 0) is 51.2 Å². The molecule has 3 nitrogen and oxygen atoms in total. The Morgan fingerprint density at radius 1 is 1.41 bits per heavy atom. The monoisotopic (exact) mass is 240 g/mol. The van der Waals surface area contributed by atoms with Crippen LogP contribution in [-0.4, -0.2) is 36.7 Å². The SMILES string of the molecule is Cc1cc(C(O)C(N)CCN(C)C)ccc1F. The lowest BCUT2D eigenvalue weighted by molar-refractivity contribution is 0.137. The molecular formula is C13H21FN2O. The molecule has 0 bridgehead atoms. The third-order valence-corrected chi connectivity index (χ3v) is 2.84. The van der Waals surface area contributed by atoms with Crippen molar-refractivity contribution in [2.24, 2.45) is 5.73 Å². The van der Waals surface area contributed by atoms with E-state index in [1.165, 1.54) is 6.07 Å². The first-order valence-corrected chi connectivity index (χ1v) is 5.76. The minimum absolute atomic E-state index is 0.261. The molecule has 0 aliphatic rings. The van der Waals surface area contributed by atoms with E-state index in [4.69, 9.17) is 5.73 Å². The Bertz CT molecular complexity index is 368. The van der Waals surface area contributed by atoms with Crippen molar-refractivity contribution in [3.05, 3.63) is 35.1 Å². The van der Waals surface area contributed by atoms with Gasteiger partial charge in [-0.25, -0.2) is 4.39 Å². The van der Waals surface area contributed by atoms with E-state index in [2.05, 4.69) is 0 Å². The molecule has 1 aromatic rings. The number of rotatable bonds is 5. The highest BCUT2D eigenvalue weighted by Crippen LogP contribution is 2.20. The standard InChI is InChI=1S/C13H21FN2O/c1-9-8-10(4-5-11(9)14)13(17)12(15)6-7-16(2)3/h4-5,8,12-13,17H,6-7,15H2,1-3H3. The summed E-state index contributed by atoms with van der Waals surface area (Å²) in [6.45, 7) is 2.50. The fourth-order valence-electron chi connectivity index (χ4n) is 1.66.